The Morgan fingerprint density at radius 2 is 1.93 bits per heavy atom. The number of aromatic nitrogens is 4. The van der Waals surface area contributed by atoms with Crippen molar-refractivity contribution in [1.29, 1.82) is 0 Å². The van der Waals surface area contributed by atoms with Crippen LogP contribution in [0.3, 0.4) is 0 Å². The minimum absolute atomic E-state index is 0.240. The Balaban J connectivity index is 1.31. The van der Waals surface area contributed by atoms with Crippen molar-refractivity contribution in [3.63, 3.8) is 0 Å². The molecular weight excluding hydrogens is 440 g/mol. The van der Waals surface area contributed by atoms with Gasteiger partial charge >= 0.3 is 0 Å². The van der Waals surface area contributed by atoms with Crippen LogP contribution in [0.1, 0.15) is 18.9 Å². The van der Waals surface area contributed by atoms with Crippen LogP contribution in [0.4, 0.5) is 0 Å². The van der Waals surface area contributed by atoms with Gasteiger partial charge in [0, 0.05) is 44.6 Å². The molecule has 3 aromatic rings. The van der Waals surface area contributed by atoms with Gasteiger partial charge in [0.1, 0.15) is 4.90 Å². The molecule has 1 aliphatic carbocycles. The van der Waals surface area contributed by atoms with Gasteiger partial charge in [-0.25, -0.2) is 13.1 Å². The molecule has 3 aromatic heterocycles. The predicted octanol–water partition coefficient (Wildman–Crippen LogP) is 2.84. The molecule has 4 heterocycles. The summed E-state index contributed by atoms with van der Waals surface area (Å²) in [5.74, 6) is 0.940. The molecular formula is C19H22N6O2S3. The molecule has 11 heteroatoms. The van der Waals surface area contributed by atoms with Gasteiger partial charge in [-0.3, -0.25) is 14.5 Å². The smallest absolute Gasteiger partial charge is 0.244 e. The van der Waals surface area contributed by atoms with Crippen LogP contribution >= 0.6 is 23.6 Å². The van der Waals surface area contributed by atoms with Crippen molar-refractivity contribution in [3.8, 4) is 10.7 Å². The molecule has 0 N–H and O–H groups in total. The fourth-order valence-corrected chi connectivity index (χ4v) is 6.12. The number of thiophene rings is 1. The van der Waals surface area contributed by atoms with Gasteiger partial charge in [-0.2, -0.15) is 4.31 Å². The SMILES string of the molecule is O=S(=O)(c1cccnc1)N1CCN(Cn2nc(-c3cccs3)n(C3CC3)c2=S)CC1. The quantitative estimate of drug-likeness (QED) is 0.525. The zero-order chi connectivity index (χ0) is 20.7. The molecule has 0 bridgehead atoms. The van der Waals surface area contributed by atoms with Crippen molar-refractivity contribution in [2.24, 2.45) is 0 Å². The monoisotopic (exact) mass is 462 g/mol. The van der Waals surface area contributed by atoms with Gasteiger partial charge in [-0.15, -0.1) is 16.4 Å². The Bertz CT molecular complexity index is 1170. The lowest BCUT2D eigenvalue weighted by atomic mass is 10.4. The van der Waals surface area contributed by atoms with Crippen molar-refractivity contribution >= 4 is 33.6 Å². The highest BCUT2D eigenvalue weighted by molar-refractivity contribution is 7.89. The van der Waals surface area contributed by atoms with Gasteiger partial charge in [-0.05, 0) is 48.6 Å². The van der Waals surface area contributed by atoms with Crippen LogP contribution < -0.4 is 0 Å². The highest BCUT2D eigenvalue weighted by Crippen LogP contribution is 2.39. The fourth-order valence-electron chi connectivity index (χ4n) is 3.70. The molecule has 0 atom stereocenters. The second kappa shape index (κ2) is 7.97. The Morgan fingerprint density at radius 1 is 1.13 bits per heavy atom. The van der Waals surface area contributed by atoms with Crippen molar-refractivity contribution < 1.29 is 8.42 Å². The van der Waals surface area contributed by atoms with E-state index < -0.39 is 10.0 Å². The van der Waals surface area contributed by atoms with E-state index in [1.54, 1.807) is 29.7 Å². The van der Waals surface area contributed by atoms with Crippen LogP contribution in [0, 0.1) is 4.77 Å². The first-order valence-electron chi connectivity index (χ1n) is 9.90. The Morgan fingerprint density at radius 3 is 2.57 bits per heavy atom. The van der Waals surface area contributed by atoms with E-state index in [1.807, 2.05) is 10.7 Å². The topological polar surface area (TPSA) is 76.3 Å². The summed E-state index contributed by atoms with van der Waals surface area (Å²) >= 11 is 7.42. The number of rotatable bonds is 6. The third-order valence-corrected chi connectivity index (χ3v) is 8.62. The Labute approximate surface area is 184 Å². The standard InChI is InChI=1S/C19H22N6O2S3/c26-30(27,16-3-1-7-20-13-16)23-10-8-22(9-11-23)14-24-19(28)25(15-5-6-15)18(21-24)17-4-2-12-29-17/h1-4,7,12-13,15H,5-6,8-11,14H2. The summed E-state index contributed by atoms with van der Waals surface area (Å²) in [6, 6.07) is 7.79. The second-order valence-corrected chi connectivity index (χ2v) is 10.8. The lowest BCUT2D eigenvalue weighted by Crippen LogP contribution is -2.48. The lowest BCUT2D eigenvalue weighted by molar-refractivity contribution is 0.144. The average molecular weight is 463 g/mol. The molecule has 5 rings (SSSR count). The van der Waals surface area contributed by atoms with E-state index in [1.165, 1.54) is 10.5 Å². The summed E-state index contributed by atoms with van der Waals surface area (Å²) in [6.07, 6.45) is 5.26. The van der Waals surface area contributed by atoms with E-state index in [4.69, 9.17) is 17.3 Å². The van der Waals surface area contributed by atoms with Crippen LogP contribution in [-0.4, -0.2) is 63.1 Å². The molecule has 0 aromatic carbocycles. The van der Waals surface area contributed by atoms with Gasteiger partial charge in [0.15, 0.2) is 10.6 Å². The molecule has 1 aliphatic heterocycles. The predicted molar refractivity (Wildman–Crippen MR) is 117 cm³/mol. The molecule has 1 saturated heterocycles. The van der Waals surface area contributed by atoms with E-state index in [9.17, 15) is 8.42 Å². The highest BCUT2D eigenvalue weighted by Gasteiger charge is 2.31. The summed E-state index contributed by atoms with van der Waals surface area (Å²) in [5, 5.41) is 6.88. The zero-order valence-corrected chi connectivity index (χ0v) is 18.7. The lowest BCUT2D eigenvalue weighted by Gasteiger charge is -2.33. The molecule has 0 unspecified atom stereocenters. The molecule has 0 radical (unpaired) electrons. The number of pyridine rings is 1. The summed E-state index contributed by atoms with van der Waals surface area (Å²) in [7, 11) is -3.50. The van der Waals surface area contributed by atoms with Gasteiger partial charge in [0.2, 0.25) is 10.0 Å². The maximum absolute atomic E-state index is 12.8. The van der Waals surface area contributed by atoms with Gasteiger partial charge in [0.05, 0.1) is 11.5 Å². The number of hydrogen-bond donors (Lipinski definition) is 0. The van der Waals surface area contributed by atoms with Gasteiger partial charge < -0.3 is 0 Å². The van der Waals surface area contributed by atoms with E-state index in [2.05, 4.69) is 25.9 Å². The zero-order valence-electron chi connectivity index (χ0n) is 16.3. The van der Waals surface area contributed by atoms with E-state index in [0.717, 1.165) is 28.3 Å². The average Bonchev–Trinajstić information content (AvgIpc) is 3.34. The minimum Gasteiger partial charge on any atom is -0.296 e. The first kappa shape index (κ1) is 20.0. The number of nitrogens with zero attached hydrogens (tertiary/aromatic N) is 6. The molecule has 0 amide bonds. The second-order valence-electron chi connectivity index (χ2n) is 7.54. The van der Waals surface area contributed by atoms with E-state index >= 15 is 0 Å². The largest absolute Gasteiger partial charge is 0.296 e. The Kier molecular flexibility index (Phi) is 5.31. The summed E-state index contributed by atoms with van der Waals surface area (Å²) in [6.45, 7) is 2.70. The van der Waals surface area contributed by atoms with Crippen LogP contribution in [0.25, 0.3) is 10.7 Å². The van der Waals surface area contributed by atoms with Crippen molar-refractivity contribution in [2.45, 2.75) is 30.4 Å². The Hall–Kier alpha value is -1.92. The third-order valence-electron chi connectivity index (χ3n) is 5.46. The normalized spacial score (nSPS) is 18.7. The van der Waals surface area contributed by atoms with Crippen LogP contribution in [0.15, 0.2) is 46.9 Å². The number of hydrogen-bond acceptors (Lipinski definition) is 7. The van der Waals surface area contributed by atoms with E-state index in [0.29, 0.717) is 38.9 Å². The van der Waals surface area contributed by atoms with Gasteiger partial charge in [0.25, 0.3) is 0 Å². The maximum atomic E-state index is 12.8. The molecule has 8 nitrogen and oxygen atoms in total. The van der Waals surface area contributed by atoms with Crippen molar-refractivity contribution in [3.05, 3.63) is 46.8 Å². The summed E-state index contributed by atoms with van der Waals surface area (Å²) in [4.78, 5) is 7.50. The van der Waals surface area contributed by atoms with Crippen molar-refractivity contribution in [2.75, 3.05) is 26.2 Å². The maximum Gasteiger partial charge on any atom is 0.244 e. The van der Waals surface area contributed by atoms with Crippen molar-refractivity contribution in [1.82, 2.24) is 28.5 Å². The minimum atomic E-state index is -3.50. The van der Waals surface area contributed by atoms with Crippen LogP contribution in [-0.2, 0) is 16.7 Å². The fraction of sp³-hybridized carbons (Fsp3) is 0.421. The highest BCUT2D eigenvalue weighted by atomic mass is 32.2. The first-order valence-corrected chi connectivity index (χ1v) is 12.6. The summed E-state index contributed by atoms with van der Waals surface area (Å²) in [5.41, 5.74) is 0. The number of piperazine rings is 1. The van der Waals surface area contributed by atoms with E-state index in [-0.39, 0.29) is 4.90 Å². The molecule has 2 fully saturated rings. The molecule has 158 valence electrons. The van der Waals surface area contributed by atoms with Gasteiger partial charge in [-0.1, -0.05) is 6.07 Å². The van der Waals surface area contributed by atoms with Crippen LogP contribution in [0.2, 0.25) is 0 Å². The third kappa shape index (κ3) is 3.76. The van der Waals surface area contributed by atoms with Crippen LogP contribution in [0.5, 0.6) is 0 Å². The molecule has 30 heavy (non-hydrogen) atoms. The molecule has 0 spiro atoms. The molecule has 1 saturated carbocycles. The summed E-state index contributed by atoms with van der Waals surface area (Å²) < 4.78 is 31.9. The first-order chi connectivity index (χ1) is 14.5. The molecule has 2 aliphatic rings. The number of sulfonamides is 1.